The zero-order valence-electron chi connectivity index (χ0n) is 8.08. The van der Waals surface area contributed by atoms with E-state index in [1.807, 2.05) is 0 Å². The average Bonchev–Trinajstić information content (AvgIpc) is 2.01. The number of oxime groups is 1. The summed E-state index contributed by atoms with van der Waals surface area (Å²) in [6.45, 7) is 2.16. The first kappa shape index (κ1) is 10.0. The van der Waals surface area contributed by atoms with Crippen molar-refractivity contribution in [3.63, 3.8) is 0 Å². The van der Waals surface area contributed by atoms with E-state index < -0.39 is 0 Å². The fourth-order valence-corrected chi connectivity index (χ4v) is 1.26. The van der Waals surface area contributed by atoms with Crippen LogP contribution < -0.4 is 0 Å². The summed E-state index contributed by atoms with van der Waals surface area (Å²) in [5, 5.41) is 3.71. The van der Waals surface area contributed by atoms with Gasteiger partial charge in [0.2, 0.25) is 0 Å². The lowest BCUT2D eigenvalue weighted by Gasteiger charge is -2.24. The number of carbonyl (C=O) groups excluding carboxylic acids is 1. The van der Waals surface area contributed by atoms with Gasteiger partial charge in [0.1, 0.15) is 7.11 Å². The van der Waals surface area contributed by atoms with Gasteiger partial charge in [-0.3, -0.25) is 0 Å². The Labute approximate surface area is 77.9 Å². The summed E-state index contributed by atoms with van der Waals surface area (Å²) in [7, 11) is 1.44. The molecule has 1 saturated carbocycles. The van der Waals surface area contributed by atoms with Gasteiger partial charge in [-0.25, -0.2) is 4.79 Å². The molecule has 0 heterocycles. The molecule has 1 aliphatic rings. The molecular weight excluding hydrogens is 170 g/mol. The first-order valence-electron chi connectivity index (χ1n) is 4.57. The predicted octanol–water partition coefficient (Wildman–Crippen LogP) is 1.35. The number of esters is 1. The van der Waals surface area contributed by atoms with Crippen LogP contribution in [0.4, 0.5) is 0 Å². The standard InChI is InChI=1S/C9H15NO3/c1-3-13-9(11)8(10-12-2)7-5-4-6-7/h7H,3-6H2,1-2H3. The van der Waals surface area contributed by atoms with Gasteiger partial charge >= 0.3 is 5.97 Å². The Bertz CT molecular complexity index is 209. The van der Waals surface area contributed by atoms with Crippen LogP contribution in [0, 0.1) is 5.92 Å². The van der Waals surface area contributed by atoms with E-state index in [2.05, 4.69) is 9.99 Å². The van der Waals surface area contributed by atoms with Crippen molar-refractivity contribution in [2.75, 3.05) is 13.7 Å². The quantitative estimate of drug-likeness (QED) is 0.377. The molecule has 1 fully saturated rings. The Morgan fingerprint density at radius 1 is 1.54 bits per heavy atom. The number of carbonyl (C=O) groups is 1. The van der Waals surface area contributed by atoms with E-state index in [-0.39, 0.29) is 11.9 Å². The monoisotopic (exact) mass is 185 g/mol. The normalized spacial score (nSPS) is 17.8. The minimum atomic E-state index is -0.339. The van der Waals surface area contributed by atoms with Gasteiger partial charge in [0.05, 0.1) is 6.61 Å². The molecular formula is C9H15NO3. The van der Waals surface area contributed by atoms with Gasteiger partial charge in [-0.2, -0.15) is 0 Å². The molecule has 13 heavy (non-hydrogen) atoms. The smallest absolute Gasteiger partial charge is 0.356 e. The number of nitrogens with zero attached hydrogens (tertiary/aromatic N) is 1. The van der Waals surface area contributed by atoms with E-state index in [4.69, 9.17) is 4.74 Å². The highest BCUT2D eigenvalue weighted by Crippen LogP contribution is 2.28. The van der Waals surface area contributed by atoms with Crippen molar-refractivity contribution in [1.29, 1.82) is 0 Å². The average molecular weight is 185 g/mol. The zero-order chi connectivity index (χ0) is 9.68. The Morgan fingerprint density at radius 2 is 2.23 bits per heavy atom. The van der Waals surface area contributed by atoms with Crippen molar-refractivity contribution in [2.24, 2.45) is 11.1 Å². The van der Waals surface area contributed by atoms with Crippen LogP contribution in [-0.4, -0.2) is 25.4 Å². The lowest BCUT2D eigenvalue weighted by atomic mass is 9.82. The van der Waals surface area contributed by atoms with E-state index >= 15 is 0 Å². The molecule has 0 N–H and O–H groups in total. The van der Waals surface area contributed by atoms with Gasteiger partial charge < -0.3 is 9.57 Å². The van der Waals surface area contributed by atoms with E-state index in [1.165, 1.54) is 7.11 Å². The van der Waals surface area contributed by atoms with E-state index in [9.17, 15) is 4.79 Å². The summed E-state index contributed by atoms with van der Waals surface area (Å²) in [6, 6.07) is 0. The lowest BCUT2D eigenvalue weighted by Crippen LogP contribution is -2.30. The number of rotatable bonds is 4. The van der Waals surface area contributed by atoms with Gasteiger partial charge in [-0.1, -0.05) is 11.6 Å². The summed E-state index contributed by atoms with van der Waals surface area (Å²) in [6.07, 6.45) is 3.19. The first-order chi connectivity index (χ1) is 6.29. The molecule has 1 aliphatic carbocycles. The molecule has 0 amide bonds. The molecule has 0 aromatic rings. The summed E-state index contributed by atoms with van der Waals surface area (Å²) >= 11 is 0. The Hall–Kier alpha value is -1.06. The highest BCUT2D eigenvalue weighted by molar-refractivity contribution is 6.37. The maximum Gasteiger partial charge on any atom is 0.356 e. The summed E-state index contributed by atoms with van der Waals surface area (Å²) in [5.41, 5.74) is 0.440. The second kappa shape index (κ2) is 4.84. The van der Waals surface area contributed by atoms with Gasteiger partial charge in [0.25, 0.3) is 0 Å². The van der Waals surface area contributed by atoms with E-state index in [1.54, 1.807) is 6.92 Å². The lowest BCUT2D eigenvalue weighted by molar-refractivity contribution is -0.135. The molecule has 74 valence electrons. The molecule has 0 aromatic carbocycles. The maximum atomic E-state index is 11.3. The third kappa shape index (κ3) is 2.44. The minimum Gasteiger partial charge on any atom is -0.461 e. The highest BCUT2D eigenvalue weighted by Gasteiger charge is 2.30. The predicted molar refractivity (Wildman–Crippen MR) is 48.4 cm³/mol. The number of hydrogen-bond donors (Lipinski definition) is 0. The molecule has 0 aliphatic heterocycles. The van der Waals surface area contributed by atoms with Crippen molar-refractivity contribution < 1.29 is 14.4 Å². The topological polar surface area (TPSA) is 47.9 Å². The van der Waals surface area contributed by atoms with Crippen molar-refractivity contribution in [3.8, 4) is 0 Å². The second-order valence-electron chi connectivity index (χ2n) is 3.01. The Kier molecular flexibility index (Phi) is 3.73. The van der Waals surface area contributed by atoms with Crippen molar-refractivity contribution in [2.45, 2.75) is 26.2 Å². The van der Waals surface area contributed by atoms with Gasteiger partial charge in [-0.05, 0) is 19.8 Å². The van der Waals surface area contributed by atoms with Crippen LogP contribution in [0.3, 0.4) is 0 Å². The van der Waals surface area contributed by atoms with Crippen LogP contribution in [0.1, 0.15) is 26.2 Å². The summed E-state index contributed by atoms with van der Waals surface area (Å²) in [4.78, 5) is 15.9. The van der Waals surface area contributed by atoms with Crippen molar-refractivity contribution >= 4 is 11.7 Å². The molecule has 0 radical (unpaired) electrons. The highest BCUT2D eigenvalue weighted by atomic mass is 16.6. The number of hydrogen-bond acceptors (Lipinski definition) is 4. The van der Waals surface area contributed by atoms with Gasteiger partial charge in [0.15, 0.2) is 5.71 Å². The molecule has 0 saturated heterocycles. The Morgan fingerprint density at radius 3 is 2.62 bits per heavy atom. The molecule has 4 heteroatoms. The van der Waals surface area contributed by atoms with Crippen LogP contribution in [-0.2, 0) is 14.4 Å². The fourth-order valence-electron chi connectivity index (χ4n) is 1.26. The van der Waals surface area contributed by atoms with Gasteiger partial charge in [0, 0.05) is 5.92 Å². The van der Waals surface area contributed by atoms with Crippen LogP contribution in [0.25, 0.3) is 0 Å². The van der Waals surface area contributed by atoms with Crippen LogP contribution in [0.2, 0.25) is 0 Å². The Balaban J connectivity index is 2.55. The SMILES string of the molecule is CCOC(=O)C(=NOC)C1CCC1. The van der Waals surface area contributed by atoms with Gasteiger partial charge in [-0.15, -0.1) is 0 Å². The summed E-state index contributed by atoms with van der Waals surface area (Å²) < 4.78 is 4.86. The maximum absolute atomic E-state index is 11.3. The van der Waals surface area contributed by atoms with Crippen molar-refractivity contribution in [1.82, 2.24) is 0 Å². The van der Waals surface area contributed by atoms with E-state index in [0.29, 0.717) is 12.3 Å². The molecule has 4 nitrogen and oxygen atoms in total. The molecule has 0 bridgehead atoms. The minimum absolute atomic E-state index is 0.249. The zero-order valence-corrected chi connectivity index (χ0v) is 8.08. The first-order valence-corrected chi connectivity index (χ1v) is 4.57. The summed E-state index contributed by atoms with van der Waals surface area (Å²) in [5.74, 6) is -0.0898. The second-order valence-corrected chi connectivity index (χ2v) is 3.01. The number of ether oxygens (including phenoxy) is 1. The van der Waals surface area contributed by atoms with Crippen LogP contribution >= 0.6 is 0 Å². The third-order valence-electron chi connectivity index (χ3n) is 2.17. The fraction of sp³-hybridized carbons (Fsp3) is 0.778. The molecule has 0 atom stereocenters. The molecule has 0 aromatic heterocycles. The van der Waals surface area contributed by atoms with Crippen LogP contribution in [0.5, 0.6) is 0 Å². The third-order valence-corrected chi connectivity index (χ3v) is 2.17. The molecule has 0 spiro atoms. The molecule has 1 rings (SSSR count). The molecule has 0 unspecified atom stereocenters. The van der Waals surface area contributed by atoms with Crippen LogP contribution in [0.15, 0.2) is 5.16 Å². The van der Waals surface area contributed by atoms with E-state index in [0.717, 1.165) is 19.3 Å². The van der Waals surface area contributed by atoms with Crippen molar-refractivity contribution in [3.05, 3.63) is 0 Å². The largest absolute Gasteiger partial charge is 0.461 e.